The molecule has 0 radical (unpaired) electrons. The smallest absolute Gasteiger partial charge is 0.268 e. The van der Waals surface area contributed by atoms with Crippen molar-refractivity contribution < 1.29 is 9.59 Å². The summed E-state index contributed by atoms with van der Waals surface area (Å²) in [6, 6.07) is 7.44. The van der Waals surface area contributed by atoms with E-state index in [9.17, 15) is 9.59 Å². The van der Waals surface area contributed by atoms with Crippen LogP contribution < -0.4 is 0 Å². The number of thioether (sulfide) groups is 1. The predicted octanol–water partition coefficient (Wildman–Crippen LogP) is 3.90. The highest BCUT2D eigenvalue weighted by atomic mass is 127. The maximum absolute atomic E-state index is 12.2. The zero-order valence-corrected chi connectivity index (χ0v) is 13.3. The molecule has 1 fully saturated rings. The van der Waals surface area contributed by atoms with Crippen LogP contribution >= 0.6 is 34.4 Å². The lowest BCUT2D eigenvalue weighted by Gasteiger charge is -2.17. The van der Waals surface area contributed by atoms with Crippen LogP contribution in [-0.2, 0) is 4.79 Å². The van der Waals surface area contributed by atoms with E-state index in [1.165, 1.54) is 4.90 Å². The van der Waals surface area contributed by atoms with Gasteiger partial charge in [-0.25, -0.2) is 0 Å². The lowest BCUT2D eigenvalue weighted by atomic mass is 10.2. The molecule has 98 valence electrons. The summed E-state index contributed by atoms with van der Waals surface area (Å²) in [5, 5.41) is -0.241. The summed E-state index contributed by atoms with van der Waals surface area (Å²) < 4.78 is 1.05. The highest BCUT2D eigenvalue weighted by molar-refractivity contribution is 14.1. The van der Waals surface area contributed by atoms with Crippen molar-refractivity contribution in [3.63, 3.8) is 0 Å². The molecule has 1 heterocycles. The number of hydrogen-bond acceptors (Lipinski definition) is 3. The number of hydrogen-bond donors (Lipinski definition) is 0. The van der Waals surface area contributed by atoms with Gasteiger partial charge in [0, 0.05) is 3.57 Å². The number of nitrogens with zero attached hydrogens (tertiary/aromatic N) is 1. The molecule has 1 aliphatic heterocycles. The minimum absolute atomic E-state index is 0.241. The molecule has 1 saturated heterocycles. The van der Waals surface area contributed by atoms with Crippen molar-refractivity contribution in [1.29, 1.82) is 0 Å². The molecule has 19 heavy (non-hydrogen) atoms. The van der Waals surface area contributed by atoms with Crippen LogP contribution in [0.3, 0.4) is 0 Å². The van der Waals surface area contributed by atoms with Gasteiger partial charge in [-0.2, -0.15) is 0 Å². The van der Waals surface area contributed by atoms with Crippen molar-refractivity contribution in [2.45, 2.75) is 13.0 Å². The van der Waals surface area contributed by atoms with Gasteiger partial charge >= 0.3 is 0 Å². The molecule has 0 spiro atoms. The van der Waals surface area contributed by atoms with Crippen molar-refractivity contribution in [3.8, 4) is 0 Å². The van der Waals surface area contributed by atoms with Crippen molar-refractivity contribution in [2.24, 2.45) is 0 Å². The van der Waals surface area contributed by atoms with E-state index in [2.05, 4.69) is 29.2 Å². The molecule has 2 amide bonds. The molecular formula is C14H12INO2S. The van der Waals surface area contributed by atoms with E-state index in [1.54, 1.807) is 19.1 Å². The van der Waals surface area contributed by atoms with E-state index in [4.69, 9.17) is 0 Å². The minimum atomic E-state index is -0.284. The normalized spacial score (nSPS) is 19.1. The van der Waals surface area contributed by atoms with E-state index in [-0.39, 0.29) is 17.2 Å². The van der Waals surface area contributed by atoms with Gasteiger partial charge in [-0.3, -0.25) is 14.5 Å². The molecule has 1 aliphatic rings. The average Bonchev–Trinajstić information content (AvgIpc) is 2.66. The van der Waals surface area contributed by atoms with E-state index in [0.717, 1.165) is 20.9 Å². The van der Waals surface area contributed by atoms with Crippen molar-refractivity contribution in [2.75, 3.05) is 0 Å². The molecule has 0 aliphatic carbocycles. The number of amides is 2. The summed E-state index contributed by atoms with van der Waals surface area (Å²) in [6.45, 7) is 5.40. The van der Waals surface area contributed by atoms with Crippen LogP contribution in [0.4, 0.5) is 4.79 Å². The number of rotatable bonds is 3. The molecule has 5 heteroatoms. The Bertz CT molecular complexity index is 583. The Morgan fingerprint density at radius 2 is 2.05 bits per heavy atom. The Balaban J connectivity index is 2.34. The number of carbonyl (C=O) groups is 2. The zero-order chi connectivity index (χ0) is 14.0. The predicted molar refractivity (Wildman–Crippen MR) is 86.6 cm³/mol. The topological polar surface area (TPSA) is 37.4 Å². The number of halogens is 1. The van der Waals surface area contributed by atoms with Gasteiger partial charge in [0.15, 0.2) is 0 Å². The lowest BCUT2D eigenvalue weighted by Crippen LogP contribution is -2.35. The third kappa shape index (κ3) is 2.92. The second-order valence-electron chi connectivity index (χ2n) is 4.05. The van der Waals surface area contributed by atoms with Gasteiger partial charge in [-0.1, -0.05) is 24.3 Å². The summed E-state index contributed by atoms with van der Waals surface area (Å²) in [5.41, 5.74) is 0.944. The molecule has 1 aromatic carbocycles. The third-order valence-electron chi connectivity index (χ3n) is 2.76. The van der Waals surface area contributed by atoms with Gasteiger partial charge in [0.05, 0.1) is 10.9 Å². The summed E-state index contributed by atoms with van der Waals surface area (Å²) in [6.07, 6.45) is 3.36. The first-order chi connectivity index (χ1) is 9.04. The second-order valence-corrected chi connectivity index (χ2v) is 6.20. The summed E-state index contributed by atoms with van der Waals surface area (Å²) in [7, 11) is 0. The maximum Gasteiger partial charge on any atom is 0.294 e. The van der Waals surface area contributed by atoms with E-state index < -0.39 is 0 Å². The first-order valence-electron chi connectivity index (χ1n) is 5.68. The lowest BCUT2D eigenvalue weighted by molar-refractivity contribution is -0.123. The van der Waals surface area contributed by atoms with Crippen LogP contribution in [0, 0.1) is 3.57 Å². The Labute approximate surface area is 129 Å². The summed E-state index contributed by atoms with van der Waals surface area (Å²) in [4.78, 5) is 25.7. The van der Waals surface area contributed by atoms with Gasteiger partial charge in [0.25, 0.3) is 11.1 Å². The van der Waals surface area contributed by atoms with E-state index >= 15 is 0 Å². The van der Waals surface area contributed by atoms with Crippen molar-refractivity contribution >= 4 is 51.6 Å². The minimum Gasteiger partial charge on any atom is -0.268 e. The number of imide groups is 1. The second kappa shape index (κ2) is 5.92. The molecule has 0 N–H and O–H groups in total. The van der Waals surface area contributed by atoms with Crippen molar-refractivity contribution in [3.05, 3.63) is 51.0 Å². The molecule has 0 saturated carbocycles. The van der Waals surface area contributed by atoms with Crippen LogP contribution in [0.5, 0.6) is 0 Å². The zero-order valence-electron chi connectivity index (χ0n) is 10.3. The number of benzene rings is 1. The van der Waals surface area contributed by atoms with Crippen LogP contribution in [0.2, 0.25) is 0 Å². The van der Waals surface area contributed by atoms with E-state index in [1.807, 2.05) is 24.3 Å². The third-order valence-corrected chi connectivity index (χ3v) is 4.63. The average molecular weight is 385 g/mol. The highest BCUT2D eigenvalue weighted by Gasteiger charge is 2.37. The Hall–Kier alpha value is -1.08. The van der Waals surface area contributed by atoms with Gasteiger partial charge in [-0.15, -0.1) is 6.58 Å². The number of carbonyl (C=O) groups excluding carboxylic acids is 2. The van der Waals surface area contributed by atoms with Crippen LogP contribution in [0.1, 0.15) is 12.5 Å². The standard InChI is InChI=1S/C14H12INO2S/c1-3-9(2)16-13(17)12(19-14(16)18)8-10-6-4-5-7-11(10)15/h3-9H,1H2,2H3/b12-8-/t9-/m0/s1. The first-order valence-corrected chi connectivity index (χ1v) is 7.58. The molecule has 1 aromatic rings. The quantitative estimate of drug-likeness (QED) is 0.450. The van der Waals surface area contributed by atoms with Crippen molar-refractivity contribution in [1.82, 2.24) is 4.90 Å². The van der Waals surface area contributed by atoms with Crippen LogP contribution in [0.25, 0.3) is 6.08 Å². The van der Waals surface area contributed by atoms with Gasteiger partial charge in [0.1, 0.15) is 0 Å². The van der Waals surface area contributed by atoms with Gasteiger partial charge in [0.2, 0.25) is 0 Å². The molecular weight excluding hydrogens is 373 g/mol. The molecule has 3 nitrogen and oxygen atoms in total. The Kier molecular flexibility index (Phi) is 4.46. The Morgan fingerprint density at radius 1 is 1.37 bits per heavy atom. The fraction of sp³-hybridized carbons (Fsp3) is 0.143. The fourth-order valence-electron chi connectivity index (χ4n) is 1.67. The molecule has 0 bridgehead atoms. The first kappa shape index (κ1) is 14.3. The largest absolute Gasteiger partial charge is 0.294 e. The molecule has 0 unspecified atom stereocenters. The fourth-order valence-corrected chi connectivity index (χ4v) is 3.12. The molecule has 1 atom stereocenters. The molecule has 0 aromatic heterocycles. The maximum atomic E-state index is 12.2. The monoisotopic (exact) mass is 385 g/mol. The van der Waals surface area contributed by atoms with Crippen LogP contribution in [-0.4, -0.2) is 22.1 Å². The molecule has 2 rings (SSSR count). The van der Waals surface area contributed by atoms with Gasteiger partial charge < -0.3 is 0 Å². The SMILES string of the molecule is C=C[C@H](C)N1C(=O)S/C(=C\c2ccccc2I)C1=O. The Morgan fingerprint density at radius 3 is 2.68 bits per heavy atom. The summed E-state index contributed by atoms with van der Waals surface area (Å²) >= 11 is 3.18. The van der Waals surface area contributed by atoms with E-state index in [0.29, 0.717) is 4.91 Å². The van der Waals surface area contributed by atoms with Crippen LogP contribution in [0.15, 0.2) is 41.8 Å². The van der Waals surface area contributed by atoms with Gasteiger partial charge in [-0.05, 0) is 59.0 Å². The highest BCUT2D eigenvalue weighted by Crippen LogP contribution is 2.34. The summed E-state index contributed by atoms with van der Waals surface area (Å²) in [5.74, 6) is -0.248.